The Morgan fingerprint density at radius 3 is 1.86 bits per heavy atom. The summed E-state index contributed by atoms with van der Waals surface area (Å²) in [7, 11) is 0. The molecule has 0 aliphatic rings. The lowest BCUT2D eigenvalue weighted by Crippen LogP contribution is -2.39. The largest absolute Gasteiger partial charge is 0.459 e. The molecule has 1 aromatic rings. The Kier molecular flexibility index (Phi) is 6.42. The van der Waals surface area contributed by atoms with Gasteiger partial charge in [0.1, 0.15) is 0 Å². The number of carbonyl (C=O) groups is 2. The molecule has 1 rings (SSSR count). The molecule has 0 N–H and O–H groups in total. The molecule has 0 aromatic carbocycles. The molecule has 1 heterocycles. The maximum atomic E-state index is 12.2. The van der Waals surface area contributed by atoms with Gasteiger partial charge in [0.15, 0.2) is 17.3 Å². The Morgan fingerprint density at radius 1 is 0.905 bits per heavy atom. The number of carbonyl (C=O) groups excluding carboxylic acids is 2. The van der Waals surface area contributed by atoms with Crippen LogP contribution in [0.4, 0.5) is 0 Å². The number of hydrogen-bond donors (Lipinski definition) is 1. The lowest BCUT2D eigenvalue weighted by molar-refractivity contribution is -0.578. The summed E-state index contributed by atoms with van der Waals surface area (Å²) in [6, 6.07) is 5.27. The fraction of sp³-hybridized carbons (Fsp3) is 0.400. The van der Waals surface area contributed by atoms with Gasteiger partial charge < -0.3 is 9.47 Å². The molecule has 0 saturated heterocycles. The maximum absolute atomic E-state index is 12.2. The topological polar surface area (TPSA) is 56.5 Å². The number of esters is 2. The van der Waals surface area contributed by atoms with E-state index in [4.69, 9.17) is 9.47 Å². The van der Waals surface area contributed by atoms with Gasteiger partial charge in [-0.05, 0) is 27.7 Å². The zero-order valence-electron chi connectivity index (χ0n) is 12.6. The van der Waals surface area contributed by atoms with E-state index < -0.39 is 11.9 Å². The van der Waals surface area contributed by atoms with Crippen molar-refractivity contribution in [2.24, 2.45) is 0 Å². The zero-order valence-corrected chi connectivity index (χ0v) is 13.5. The molecule has 0 bridgehead atoms. The quantitative estimate of drug-likeness (QED) is 0.391. The van der Waals surface area contributed by atoms with Crippen LogP contribution in [0, 0.1) is 0 Å². The Morgan fingerprint density at radius 2 is 1.38 bits per heavy atom. The van der Waals surface area contributed by atoms with Gasteiger partial charge in [-0.2, -0.15) is 4.57 Å². The molecule has 0 aliphatic carbocycles. The standard InChI is InChI=1S/C15H19NO4S/c1-10(2)19-14(17)12(16-8-6-5-7-9-16)13(21)15(18)20-11(3)4/h5-11H,1-4H3/p+1. The molecule has 0 saturated carbocycles. The van der Waals surface area contributed by atoms with Crippen molar-refractivity contribution >= 4 is 30.3 Å². The summed E-state index contributed by atoms with van der Waals surface area (Å²) < 4.78 is 11.7. The van der Waals surface area contributed by atoms with Gasteiger partial charge in [0.2, 0.25) is 0 Å². The molecule has 6 heteroatoms. The van der Waals surface area contributed by atoms with Gasteiger partial charge >= 0.3 is 17.6 Å². The van der Waals surface area contributed by atoms with Crippen molar-refractivity contribution in [3.8, 4) is 0 Å². The number of nitrogens with zero attached hydrogens (tertiary/aromatic N) is 1. The smallest absolute Gasteiger partial charge is 0.405 e. The number of pyridine rings is 1. The molecule has 0 spiro atoms. The van der Waals surface area contributed by atoms with Gasteiger partial charge in [0, 0.05) is 12.1 Å². The summed E-state index contributed by atoms with van der Waals surface area (Å²) in [4.78, 5) is 24.1. The average molecular weight is 310 g/mol. The molecule has 5 nitrogen and oxygen atoms in total. The van der Waals surface area contributed by atoms with Crippen molar-refractivity contribution in [3.63, 3.8) is 0 Å². The first-order valence-corrected chi connectivity index (χ1v) is 7.09. The molecule has 0 unspecified atom stereocenters. The Hall–Kier alpha value is -1.82. The van der Waals surface area contributed by atoms with Crippen LogP contribution >= 0.6 is 12.6 Å². The van der Waals surface area contributed by atoms with E-state index in [1.807, 2.05) is 0 Å². The van der Waals surface area contributed by atoms with Crippen LogP contribution in [0.1, 0.15) is 27.7 Å². The Bertz CT molecular complexity index is 538. The first kappa shape index (κ1) is 17.2. The van der Waals surface area contributed by atoms with Gasteiger partial charge in [0.25, 0.3) is 0 Å². The van der Waals surface area contributed by atoms with Crippen LogP contribution in [0.3, 0.4) is 0 Å². The molecule has 0 aliphatic heterocycles. The highest BCUT2D eigenvalue weighted by molar-refractivity contribution is 7.85. The van der Waals surface area contributed by atoms with E-state index in [0.29, 0.717) is 0 Å². The van der Waals surface area contributed by atoms with E-state index in [1.165, 1.54) is 4.57 Å². The average Bonchev–Trinajstić information content (AvgIpc) is 2.38. The highest BCUT2D eigenvalue weighted by Gasteiger charge is 2.31. The van der Waals surface area contributed by atoms with Crippen molar-refractivity contribution in [2.75, 3.05) is 0 Å². The van der Waals surface area contributed by atoms with Gasteiger partial charge in [-0.15, -0.1) is 12.6 Å². The lowest BCUT2D eigenvalue weighted by atomic mass is 10.3. The van der Waals surface area contributed by atoms with Crippen LogP contribution in [-0.4, -0.2) is 24.1 Å². The molecular formula is C15H20NO4S+. The third-order valence-corrected chi connectivity index (χ3v) is 2.66. The first-order chi connectivity index (χ1) is 9.82. The van der Waals surface area contributed by atoms with Crippen molar-refractivity contribution in [2.45, 2.75) is 39.9 Å². The summed E-state index contributed by atoms with van der Waals surface area (Å²) in [6.07, 6.45) is 2.66. The molecule has 1 aromatic heterocycles. The van der Waals surface area contributed by atoms with Crippen LogP contribution in [0.15, 0.2) is 35.5 Å². The van der Waals surface area contributed by atoms with E-state index in [9.17, 15) is 9.59 Å². The highest BCUT2D eigenvalue weighted by Crippen LogP contribution is 2.15. The van der Waals surface area contributed by atoms with E-state index in [2.05, 4.69) is 12.6 Å². The molecular weight excluding hydrogens is 290 g/mol. The van der Waals surface area contributed by atoms with Crippen molar-refractivity contribution in [1.82, 2.24) is 0 Å². The van der Waals surface area contributed by atoms with E-state index in [1.54, 1.807) is 58.3 Å². The second-order valence-corrected chi connectivity index (χ2v) is 5.34. The molecule has 0 radical (unpaired) electrons. The second-order valence-electron chi connectivity index (χ2n) is 4.89. The minimum absolute atomic E-state index is 0.0262. The summed E-state index contributed by atoms with van der Waals surface area (Å²) in [5, 5.41) is 0. The normalized spacial score (nSPS) is 12.1. The van der Waals surface area contributed by atoms with Crippen LogP contribution in [0.2, 0.25) is 0 Å². The summed E-state index contributed by atoms with van der Waals surface area (Å²) >= 11 is 4.15. The monoisotopic (exact) mass is 310 g/mol. The van der Waals surface area contributed by atoms with Crippen LogP contribution < -0.4 is 4.57 Å². The van der Waals surface area contributed by atoms with Crippen LogP contribution in [0.5, 0.6) is 0 Å². The maximum Gasteiger partial charge on any atom is 0.405 e. The fourth-order valence-electron chi connectivity index (χ4n) is 1.51. The van der Waals surface area contributed by atoms with Gasteiger partial charge in [0.05, 0.1) is 12.2 Å². The number of hydrogen-bond acceptors (Lipinski definition) is 5. The minimum Gasteiger partial charge on any atom is -0.459 e. The first-order valence-electron chi connectivity index (χ1n) is 6.64. The van der Waals surface area contributed by atoms with Gasteiger partial charge in [-0.25, -0.2) is 9.59 Å². The summed E-state index contributed by atoms with van der Waals surface area (Å²) in [5.74, 6) is -1.30. The molecule has 21 heavy (non-hydrogen) atoms. The molecule has 0 amide bonds. The van der Waals surface area contributed by atoms with Crippen molar-refractivity contribution in [1.29, 1.82) is 0 Å². The molecule has 0 atom stereocenters. The predicted octanol–water partition coefficient (Wildman–Crippen LogP) is 1.98. The number of rotatable bonds is 5. The minimum atomic E-state index is -0.666. The predicted molar refractivity (Wildman–Crippen MR) is 81.3 cm³/mol. The zero-order chi connectivity index (χ0) is 16.0. The lowest BCUT2D eigenvalue weighted by Gasteiger charge is -2.10. The van der Waals surface area contributed by atoms with E-state index >= 15 is 0 Å². The van der Waals surface area contributed by atoms with Crippen LogP contribution in [-0.2, 0) is 19.1 Å². The van der Waals surface area contributed by atoms with Gasteiger partial charge in [-0.1, -0.05) is 6.07 Å². The van der Waals surface area contributed by atoms with Crippen LogP contribution in [0.25, 0.3) is 5.70 Å². The second kappa shape index (κ2) is 7.83. The molecule has 114 valence electrons. The Labute approximate surface area is 130 Å². The third kappa shape index (κ3) is 5.23. The third-order valence-electron chi connectivity index (χ3n) is 2.27. The summed E-state index contributed by atoms with van der Waals surface area (Å²) in [6.45, 7) is 6.91. The van der Waals surface area contributed by atoms with Crippen molar-refractivity contribution < 1.29 is 23.6 Å². The highest BCUT2D eigenvalue weighted by atomic mass is 32.1. The SMILES string of the molecule is CC(C)OC(=O)/C(S)=C(\C(=O)OC(C)C)[n+]1ccccc1. The van der Waals surface area contributed by atoms with Crippen molar-refractivity contribution in [3.05, 3.63) is 35.5 Å². The van der Waals surface area contributed by atoms with E-state index in [0.717, 1.165) is 0 Å². The Balaban J connectivity index is 3.24. The molecule has 0 fully saturated rings. The number of thiol groups is 1. The van der Waals surface area contributed by atoms with Gasteiger partial charge in [-0.3, -0.25) is 0 Å². The van der Waals surface area contributed by atoms with E-state index in [-0.39, 0.29) is 22.8 Å². The number of aromatic nitrogens is 1. The summed E-state index contributed by atoms with van der Waals surface area (Å²) in [5.41, 5.74) is 0.0262. The number of ether oxygens (including phenoxy) is 2. The fourth-order valence-corrected chi connectivity index (χ4v) is 1.77.